The van der Waals surface area contributed by atoms with E-state index in [4.69, 9.17) is 5.73 Å². The van der Waals surface area contributed by atoms with E-state index in [2.05, 4.69) is 4.99 Å². The second-order valence-electron chi connectivity index (χ2n) is 4.96. The normalized spacial score (nSPS) is 19.4. The highest BCUT2D eigenvalue weighted by molar-refractivity contribution is 6.03. The molecule has 0 saturated carbocycles. The maximum Gasteiger partial charge on any atom is 0.419 e. The van der Waals surface area contributed by atoms with Crippen molar-refractivity contribution < 1.29 is 22.4 Å². The number of hydrogen-bond acceptors (Lipinski definition) is 2. The van der Waals surface area contributed by atoms with Gasteiger partial charge in [0, 0.05) is 6.04 Å². The third kappa shape index (κ3) is 2.70. The summed E-state index contributed by atoms with van der Waals surface area (Å²) in [7, 11) is 0. The van der Waals surface area contributed by atoms with Crippen LogP contribution in [0.4, 0.5) is 22.4 Å². The summed E-state index contributed by atoms with van der Waals surface area (Å²) in [6.07, 6.45) is -4.82. The van der Waals surface area contributed by atoms with E-state index in [-0.39, 0.29) is 17.4 Å². The van der Waals surface area contributed by atoms with Gasteiger partial charge in [0.05, 0.1) is 5.56 Å². The molecular weight excluding hydrogens is 290 g/mol. The van der Waals surface area contributed by atoms with Gasteiger partial charge in [-0.2, -0.15) is 18.2 Å². The molecule has 1 aromatic rings. The molecule has 8 heteroatoms. The van der Waals surface area contributed by atoms with Crippen molar-refractivity contribution in [3.8, 4) is 0 Å². The zero-order chi connectivity index (χ0) is 15.9. The Morgan fingerprint density at radius 1 is 1.33 bits per heavy atom. The number of halogens is 4. The van der Waals surface area contributed by atoms with Crippen molar-refractivity contribution in [3.05, 3.63) is 35.1 Å². The third-order valence-corrected chi connectivity index (χ3v) is 3.17. The predicted molar refractivity (Wildman–Crippen MR) is 68.1 cm³/mol. The molecule has 0 bridgehead atoms. The number of carbonyl (C=O) groups is 1. The summed E-state index contributed by atoms with van der Waals surface area (Å²) < 4.78 is 51.6. The summed E-state index contributed by atoms with van der Waals surface area (Å²) >= 11 is 0. The fraction of sp³-hybridized carbons (Fsp3) is 0.385. The van der Waals surface area contributed by atoms with Crippen molar-refractivity contribution in [1.29, 1.82) is 0 Å². The number of nitrogens with two attached hydrogens (primary N) is 1. The summed E-state index contributed by atoms with van der Waals surface area (Å²) in [5.41, 5.74) is 4.32. The number of alkyl halides is 3. The second kappa shape index (κ2) is 5.01. The Morgan fingerprint density at radius 3 is 2.48 bits per heavy atom. The van der Waals surface area contributed by atoms with Gasteiger partial charge in [-0.1, -0.05) is 6.07 Å². The van der Waals surface area contributed by atoms with E-state index in [1.807, 2.05) is 0 Å². The van der Waals surface area contributed by atoms with E-state index >= 15 is 0 Å². The predicted octanol–water partition coefficient (Wildman–Crippen LogP) is 3.09. The van der Waals surface area contributed by atoms with Crippen LogP contribution in [0.2, 0.25) is 0 Å². The van der Waals surface area contributed by atoms with E-state index < -0.39 is 29.6 Å². The molecule has 1 aromatic carbocycles. The monoisotopic (exact) mass is 303 g/mol. The van der Waals surface area contributed by atoms with Crippen LogP contribution in [0.1, 0.15) is 31.0 Å². The van der Waals surface area contributed by atoms with E-state index in [9.17, 15) is 22.4 Å². The highest BCUT2D eigenvalue weighted by Gasteiger charge is 2.39. The Bertz CT molecular complexity index is 610. The fourth-order valence-corrected chi connectivity index (χ4v) is 2.26. The molecule has 0 aliphatic carbocycles. The zero-order valence-electron chi connectivity index (χ0n) is 11.3. The molecule has 2 N–H and O–H groups in total. The Labute approximate surface area is 118 Å². The average Bonchev–Trinajstić information content (AvgIpc) is 2.63. The highest BCUT2D eigenvalue weighted by Crippen LogP contribution is 2.35. The molecule has 0 spiro atoms. The Morgan fingerprint density at radius 2 is 1.95 bits per heavy atom. The number of amidine groups is 1. The molecule has 0 saturated heterocycles. The van der Waals surface area contributed by atoms with Crippen LogP contribution in [0.5, 0.6) is 0 Å². The minimum atomic E-state index is -4.82. The van der Waals surface area contributed by atoms with Crippen LogP contribution in [0.25, 0.3) is 0 Å². The molecule has 114 valence electrons. The molecule has 0 radical (unpaired) electrons. The van der Waals surface area contributed by atoms with E-state index in [1.165, 1.54) is 11.0 Å². The SMILES string of the molecule is CC(C)N1C(=O)N=C(N)C1c1ccc(F)c(C(F)(F)F)c1. The lowest BCUT2D eigenvalue weighted by Gasteiger charge is -2.28. The van der Waals surface area contributed by atoms with Crippen molar-refractivity contribution >= 4 is 11.9 Å². The molecule has 0 fully saturated rings. The molecule has 1 aliphatic rings. The summed E-state index contributed by atoms with van der Waals surface area (Å²) in [6.45, 7) is 3.38. The number of amides is 2. The Kier molecular flexibility index (Phi) is 3.65. The molecule has 1 heterocycles. The van der Waals surface area contributed by atoms with Crippen LogP contribution in [-0.4, -0.2) is 22.8 Å². The molecule has 2 rings (SSSR count). The standard InChI is InChI=1S/C13H13F4N3O/c1-6(2)20-10(11(18)19-12(20)21)7-3-4-9(14)8(5-7)13(15,16)17/h3-6,10H,1-2H3,(H2,18,19,21). The fourth-order valence-electron chi connectivity index (χ4n) is 2.26. The van der Waals surface area contributed by atoms with E-state index in [1.54, 1.807) is 13.8 Å². The zero-order valence-corrected chi connectivity index (χ0v) is 11.3. The lowest BCUT2D eigenvalue weighted by Crippen LogP contribution is -2.38. The lowest BCUT2D eigenvalue weighted by molar-refractivity contribution is -0.140. The van der Waals surface area contributed by atoms with Gasteiger partial charge in [-0.25, -0.2) is 9.18 Å². The number of aliphatic imine (C=N–C) groups is 1. The number of benzene rings is 1. The molecule has 2 amide bonds. The number of hydrogen-bond donors (Lipinski definition) is 1. The first-order valence-electron chi connectivity index (χ1n) is 6.16. The van der Waals surface area contributed by atoms with Gasteiger partial charge in [-0.05, 0) is 31.5 Å². The molecule has 1 unspecified atom stereocenters. The van der Waals surface area contributed by atoms with Gasteiger partial charge in [-0.3, -0.25) is 0 Å². The summed E-state index contributed by atoms with van der Waals surface area (Å²) in [4.78, 5) is 16.5. The molecule has 0 aromatic heterocycles. The molecule has 1 aliphatic heterocycles. The average molecular weight is 303 g/mol. The van der Waals surface area contributed by atoms with Crippen LogP contribution in [-0.2, 0) is 6.18 Å². The first-order valence-corrected chi connectivity index (χ1v) is 6.16. The Hall–Kier alpha value is -2.12. The van der Waals surface area contributed by atoms with Gasteiger partial charge in [0.1, 0.15) is 17.7 Å². The van der Waals surface area contributed by atoms with Crippen molar-refractivity contribution in [2.24, 2.45) is 10.7 Å². The van der Waals surface area contributed by atoms with Gasteiger partial charge in [0.25, 0.3) is 0 Å². The summed E-state index contributed by atoms with van der Waals surface area (Å²) in [5, 5.41) is 0. The molecule has 21 heavy (non-hydrogen) atoms. The van der Waals surface area contributed by atoms with E-state index in [0.717, 1.165) is 0 Å². The maximum atomic E-state index is 13.3. The first kappa shape index (κ1) is 15.3. The number of nitrogens with zero attached hydrogens (tertiary/aromatic N) is 2. The minimum absolute atomic E-state index is 0.0736. The highest BCUT2D eigenvalue weighted by atomic mass is 19.4. The quantitative estimate of drug-likeness (QED) is 0.854. The van der Waals surface area contributed by atoms with Gasteiger partial charge >= 0.3 is 12.2 Å². The van der Waals surface area contributed by atoms with Crippen LogP contribution < -0.4 is 5.73 Å². The topological polar surface area (TPSA) is 58.7 Å². The number of carbonyl (C=O) groups excluding carboxylic acids is 1. The van der Waals surface area contributed by atoms with Gasteiger partial charge in [0.2, 0.25) is 0 Å². The lowest BCUT2D eigenvalue weighted by atomic mass is 10.0. The van der Waals surface area contributed by atoms with Crippen molar-refractivity contribution in [3.63, 3.8) is 0 Å². The van der Waals surface area contributed by atoms with Crippen molar-refractivity contribution in [2.75, 3.05) is 0 Å². The molecule has 4 nitrogen and oxygen atoms in total. The largest absolute Gasteiger partial charge is 0.419 e. The number of urea groups is 1. The van der Waals surface area contributed by atoms with Crippen LogP contribution in [0, 0.1) is 5.82 Å². The molecular formula is C13H13F4N3O. The molecule has 1 atom stereocenters. The minimum Gasteiger partial charge on any atom is -0.385 e. The Balaban J connectivity index is 2.51. The van der Waals surface area contributed by atoms with Crippen molar-refractivity contribution in [2.45, 2.75) is 32.1 Å². The third-order valence-electron chi connectivity index (χ3n) is 3.17. The van der Waals surface area contributed by atoms with Crippen LogP contribution in [0.15, 0.2) is 23.2 Å². The summed E-state index contributed by atoms with van der Waals surface area (Å²) in [5.74, 6) is -1.48. The maximum absolute atomic E-state index is 13.3. The second-order valence-corrected chi connectivity index (χ2v) is 4.96. The van der Waals surface area contributed by atoms with Gasteiger partial charge < -0.3 is 10.6 Å². The van der Waals surface area contributed by atoms with Crippen LogP contribution >= 0.6 is 0 Å². The van der Waals surface area contributed by atoms with Crippen LogP contribution in [0.3, 0.4) is 0 Å². The first-order chi connectivity index (χ1) is 9.62. The van der Waals surface area contributed by atoms with Gasteiger partial charge in [-0.15, -0.1) is 0 Å². The van der Waals surface area contributed by atoms with E-state index in [0.29, 0.717) is 12.1 Å². The number of rotatable bonds is 2. The smallest absolute Gasteiger partial charge is 0.385 e. The van der Waals surface area contributed by atoms with Crippen molar-refractivity contribution in [1.82, 2.24) is 4.90 Å². The van der Waals surface area contributed by atoms with Gasteiger partial charge in [0.15, 0.2) is 0 Å². The summed E-state index contributed by atoms with van der Waals surface area (Å²) in [6, 6.07) is 0.700.